The zero-order valence-corrected chi connectivity index (χ0v) is 11.7. The van der Waals surface area contributed by atoms with E-state index in [9.17, 15) is 0 Å². The van der Waals surface area contributed by atoms with Gasteiger partial charge in [0.15, 0.2) is 0 Å². The quantitative estimate of drug-likeness (QED) is 0.870. The third-order valence-corrected chi connectivity index (χ3v) is 4.42. The van der Waals surface area contributed by atoms with Gasteiger partial charge >= 0.3 is 0 Å². The monoisotopic (exact) mass is 254 g/mol. The minimum Gasteiger partial charge on any atom is -0.307 e. The van der Waals surface area contributed by atoms with Crippen LogP contribution in [0.5, 0.6) is 0 Å². The molecular formula is C12H22N4S. The topological polar surface area (TPSA) is 31.4 Å². The van der Waals surface area contributed by atoms with Crippen molar-refractivity contribution in [1.82, 2.24) is 20.1 Å². The second kappa shape index (κ2) is 5.91. The smallest absolute Gasteiger partial charge is 0.109 e. The highest BCUT2D eigenvalue weighted by Gasteiger charge is 2.22. The molecule has 96 valence electrons. The van der Waals surface area contributed by atoms with E-state index in [0.717, 1.165) is 19.6 Å². The maximum Gasteiger partial charge on any atom is 0.109 e. The highest BCUT2D eigenvalue weighted by atomic mass is 32.1. The molecule has 2 rings (SSSR count). The van der Waals surface area contributed by atoms with E-state index in [-0.39, 0.29) is 0 Å². The molecule has 17 heavy (non-hydrogen) atoms. The minimum absolute atomic E-state index is 0.357. The fourth-order valence-electron chi connectivity index (χ4n) is 2.17. The number of thiazole rings is 1. The lowest BCUT2D eigenvalue weighted by Gasteiger charge is -2.38. The van der Waals surface area contributed by atoms with E-state index < -0.39 is 0 Å². The van der Waals surface area contributed by atoms with Gasteiger partial charge in [0.05, 0.1) is 6.04 Å². The first-order valence-electron chi connectivity index (χ1n) is 6.18. The SMILES string of the molecule is CC(NCC1CN(C)CCN1C)c1nccs1. The molecule has 2 unspecified atom stereocenters. The molecule has 0 saturated carbocycles. The van der Waals surface area contributed by atoms with Crippen LogP contribution in [-0.2, 0) is 0 Å². The fraction of sp³-hybridized carbons (Fsp3) is 0.750. The van der Waals surface area contributed by atoms with Crippen LogP contribution in [0.2, 0.25) is 0 Å². The van der Waals surface area contributed by atoms with Crippen molar-refractivity contribution in [3.63, 3.8) is 0 Å². The number of hydrogen-bond acceptors (Lipinski definition) is 5. The van der Waals surface area contributed by atoms with Crippen molar-refractivity contribution < 1.29 is 0 Å². The summed E-state index contributed by atoms with van der Waals surface area (Å²) in [5.74, 6) is 0. The van der Waals surface area contributed by atoms with Gasteiger partial charge in [0, 0.05) is 43.8 Å². The van der Waals surface area contributed by atoms with Gasteiger partial charge < -0.3 is 10.2 Å². The highest BCUT2D eigenvalue weighted by molar-refractivity contribution is 7.09. The van der Waals surface area contributed by atoms with Gasteiger partial charge in [-0.15, -0.1) is 11.3 Å². The van der Waals surface area contributed by atoms with E-state index >= 15 is 0 Å². The molecule has 2 heterocycles. The summed E-state index contributed by atoms with van der Waals surface area (Å²) in [5, 5.41) is 6.80. The third-order valence-electron chi connectivity index (χ3n) is 3.46. The molecule has 4 nitrogen and oxygen atoms in total. The lowest BCUT2D eigenvalue weighted by molar-refractivity contribution is 0.112. The summed E-state index contributed by atoms with van der Waals surface area (Å²) < 4.78 is 0. The van der Waals surface area contributed by atoms with Crippen LogP contribution in [0.3, 0.4) is 0 Å². The first-order valence-corrected chi connectivity index (χ1v) is 7.06. The summed E-state index contributed by atoms with van der Waals surface area (Å²) in [6, 6.07) is 0.965. The number of nitrogens with zero attached hydrogens (tertiary/aromatic N) is 3. The highest BCUT2D eigenvalue weighted by Crippen LogP contribution is 2.15. The summed E-state index contributed by atoms with van der Waals surface area (Å²) in [5.41, 5.74) is 0. The molecule has 0 bridgehead atoms. The summed E-state index contributed by atoms with van der Waals surface area (Å²) in [7, 11) is 4.41. The average Bonchev–Trinajstić information content (AvgIpc) is 2.83. The first kappa shape index (κ1) is 13.0. The molecule has 0 aliphatic carbocycles. The van der Waals surface area contributed by atoms with E-state index in [1.165, 1.54) is 11.6 Å². The molecule has 1 N–H and O–H groups in total. The Morgan fingerprint density at radius 1 is 1.53 bits per heavy atom. The fourth-order valence-corrected chi connectivity index (χ4v) is 2.84. The van der Waals surface area contributed by atoms with E-state index in [0.29, 0.717) is 12.1 Å². The molecule has 2 atom stereocenters. The Hall–Kier alpha value is -0.490. The Balaban J connectivity index is 1.81. The zero-order valence-electron chi connectivity index (χ0n) is 10.9. The van der Waals surface area contributed by atoms with Crippen LogP contribution in [0.15, 0.2) is 11.6 Å². The molecule has 0 radical (unpaired) electrons. The molecule has 1 saturated heterocycles. The molecular weight excluding hydrogens is 232 g/mol. The zero-order chi connectivity index (χ0) is 12.3. The van der Waals surface area contributed by atoms with Crippen LogP contribution in [-0.4, -0.2) is 61.1 Å². The van der Waals surface area contributed by atoms with Gasteiger partial charge in [0.25, 0.3) is 0 Å². The molecule has 0 amide bonds. The number of hydrogen-bond donors (Lipinski definition) is 1. The molecule has 1 aromatic rings. The van der Waals surface area contributed by atoms with Crippen molar-refractivity contribution in [3.8, 4) is 0 Å². The largest absolute Gasteiger partial charge is 0.307 e. The average molecular weight is 254 g/mol. The summed E-state index contributed by atoms with van der Waals surface area (Å²) >= 11 is 1.72. The first-order chi connectivity index (χ1) is 8.16. The number of piperazine rings is 1. The van der Waals surface area contributed by atoms with Gasteiger partial charge in [-0.25, -0.2) is 4.98 Å². The molecule has 1 fully saturated rings. The van der Waals surface area contributed by atoms with E-state index in [2.05, 4.69) is 41.1 Å². The van der Waals surface area contributed by atoms with Crippen molar-refractivity contribution >= 4 is 11.3 Å². The van der Waals surface area contributed by atoms with Crippen molar-refractivity contribution in [2.75, 3.05) is 40.3 Å². The molecule has 1 aliphatic rings. The van der Waals surface area contributed by atoms with Crippen LogP contribution in [0, 0.1) is 0 Å². The lowest BCUT2D eigenvalue weighted by atomic mass is 10.2. The van der Waals surface area contributed by atoms with Crippen molar-refractivity contribution in [1.29, 1.82) is 0 Å². The van der Waals surface area contributed by atoms with Crippen molar-refractivity contribution in [2.24, 2.45) is 0 Å². The van der Waals surface area contributed by atoms with Crippen LogP contribution < -0.4 is 5.32 Å². The molecule has 1 aromatic heterocycles. The maximum absolute atomic E-state index is 4.35. The van der Waals surface area contributed by atoms with Crippen LogP contribution in [0.25, 0.3) is 0 Å². The minimum atomic E-state index is 0.357. The third kappa shape index (κ3) is 3.48. The predicted molar refractivity (Wildman–Crippen MR) is 72.4 cm³/mol. The maximum atomic E-state index is 4.35. The molecule has 1 aliphatic heterocycles. The van der Waals surface area contributed by atoms with Crippen LogP contribution >= 0.6 is 11.3 Å². The summed E-state index contributed by atoms with van der Waals surface area (Å²) in [6.45, 7) is 6.70. The number of aromatic nitrogens is 1. The van der Waals surface area contributed by atoms with Crippen molar-refractivity contribution in [3.05, 3.63) is 16.6 Å². The standard InChI is InChI=1S/C12H22N4S/c1-10(12-13-4-7-17-12)14-8-11-9-15(2)5-6-16(11)3/h4,7,10-11,14H,5-6,8-9H2,1-3H3. The second-order valence-corrected chi connectivity index (χ2v) is 5.82. The van der Waals surface area contributed by atoms with Gasteiger partial charge in [0.2, 0.25) is 0 Å². The summed E-state index contributed by atoms with van der Waals surface area (Å²) in [4.78, 5) is 9.20. The molecule has 0 aromatic carbocycles. The van der Waals surface area contributed by atoms with E-state index in [1.54, 1.807) is 11.3 Å². The second-order valence-electron chi connectivity index (χ2n) is 4.90. The van der Waals surface area contributed by atoms with Crippen LogP contribution in [0.1, 0.15) is 18.0 Å². The predicted octanol–water partition coefficient (Wildman–Crippen LogP) is 1.04. The number of rotatable bonds is 4. The Bertz CT molecular complexity index is 327. The van der Waals surface area contributed by atoms with Crippen LogP contribution in [0.4, 0.5) is 0 Å². The Labute approximate surface area is 108 Å². The normalized spacial score (nSPS) is 25.0. The van der Waals surface area contributed by atoms with Gasteiger partial charge in [-0.05, 0) is 21.0 Å². The van der Waals surface area contributed by atoms with E-state index in [1.807, 2.05) is 11.6 Å². The van der Waals surface area contributed by atoms with Gasteiger partial charge in [0.1, 0.15) is 5.01 Å². The van der Waals surface area contributed by atoms with Gasteiger partial charge in [-0.1, -0.05) is 0 Å². The number of likely N-dealkylation sites (N-methyl/N-ethyl adjacent to an activating group) is 2. The Morgan fingerprint density at radius 2 is 2.35 bits per heavy atom. The summed E-state index contributed by atoms with van der Waals surface area (Å²) in [6.07, 6.45) is 1.87. The van der Waals surface area contributed by atoms with E-state index in [4.69, 9.17) is 0 Å². The molecule has 5 heteroatoms. The van der Waals surface area contributed by atoms with Crippen molar-refractivity contribution in [2.45, 2.75) is 19.0 Å². The van der Waals surface area contributed by atoms with Gasteiger partial charge in [-0.2, -0.15) is 0 Å². The van der Waals surface area contributed by atoms with Gasteiger partial charge in [-0.3, -0.25) is 4.90 Å². The number of nitrogens with one attached hydrogen (secondary N) is 1. The lowest BCUT2D eigenvalue weighted by Crippen LogP contribution is -2.53. The Kier molecular flexibility index (Phi) is 4.50. The molecule has 0 spiro atoms. The Morgan fingerprint density at radius 3 is 3.06 bits per heavy atom.